The van der Waals surface area contributed by atoms with Crippen LogP contribution in [-0.4, -0.2) is 75.8 Å². The molecule has 10 N–H and O–H groups in total. The molecule has 12 heteroatoms. The van der Waals surface area contributed by atoms with Crippen LogP contribution in [0.5, 0.6) is 5.75 Å². The molecular weight excluding hydrogens is 482 g/mol. The van der Waals surface area contributed by atoms with Crippen LogP contribution >= 0.6 is 0 Å². The second kappa shape index (κ2) is 15.8. The molecule has 6 atom stereocenters. The third-order valence-electron chi connectivity index (χ3n) is 6.15. The minimum Gasteiger partial charge on any atom is -0.508 e. The lowest BCUT2D eigenvalue weighted by Gasteiger charge is -2.28. The molecule has 0 fully saturated rings. The zero-order chi connectivity index (χ0) is 28.1. The lowest BCUT2D eigenvalue weighted by molar-refractivity contribution is -0.145. The van der Waals surface area contributed by atoms with Crippen molar-refractivity contribution in [1.29, 1.82) is 0 Å². The van der Waals surface area contributed by atoms with Crippen molar-refractivity contribution in [2.24, 2.45) is 17.4 Å². The molecule has 0 bridgehead atoms. The summed E-state index contributed by atoms with van der Waals surface area (Å²) in [5, 5.41) is 36.0. The Labute approximate surface area is 217 Å². The van der Waals surface area contributed by atoms with Crippen molar-refractivity contribution in [3.63, 3.8) is 0 Å². The Morgan fingerprint density at radius 2 is 1.51 bits per heavy atom. The number of carboxylic acids is 1. The fraction of sp³-hybridized carbons (Fsp3) is 0.600. The van der Waals surface area contributed by atoms with Crippen LogP contribution in [0.3, 0.4) is 0 Å². The Kier molecular flexibility index (Phi) is 13.6. The molecule has 0 heterocycles. The summed E-state index contributed by atoms with van der Waals surface area (Å²) in [6.45, 7) is 5.22. The van der Waals surface area contributed by atoms with Gasteiger partial charge in [-0.1, -0.05) is 32.4 Å². The minimum absolute atomic E-state index is 0.0865. The van der Waals surface area contributed by atoms with Gasteiger partial charge in [-0.15, -0.1) is 0 Å². The number of benzene rings is 1. The number of unbranched alkanes of at least 4 members (excludes halogenated alkanes) is 1. The summed E-state index contributed by atoms with van der Waals surface area (Å²) >= 11 is 0. The quantitative estimate of drug-likeness (QED) is 0.129. The maximum absolute atomic E-state index is 13.2. The average molecular weight is 524 g/mol. The molecule has 0 aromatic heterocycles. The number of hydrogen-bond acceptors (Lipinski definition) is 8. The number of nitrogens with one attached hydrogen (secondary N) is 3. The molecular formula is C25H41N5O7. The summed E-state index contributed by atoms with van der Waals surface area (Å²) < 4.78 is 0. The highest BCUT2D eigenvalue weighted by Crippen LogP contribution is 2.13. The van der Waals surface area contributed by atoms with Gasteiger partial charge in [0.2, 0.25) is 17.7 Å². The van der Waals surface area contributed by atoms with Gasteiger partial charge in [-0.2, -0.15) is 0 Å². The average Bonchev–Trinajstić information content (AvgIpc) is 2.85. The van der Waals surface area contributed by atoms with Gasteiger partial charge in [-0.05, 0) is 62.8 Å². The molecule has 0 aliphatic carbocycles. The Hall–Kier alpha value is -3.22. The molecule has 1 aromatic rings. The number of carbonyl (C=O) groups is 4. The highest BCUT2D eigenvalue weighted by Gasteiger charge is 2.33. The minimum atomic E-state index is -1.55. The predicted octanol–water partition coefficient (Wildman–Crippen LogP) is -0.643. The highest BCUT2D eigenvalue weighted by atomic mass is 16.4. The number of phenolic OH excluding ortho intramolecular Hbond substituents is 1. The zero-order valence-corrected chi connectivity index (χ0v) is 21.6. The number of amides is 3. The van der Waals surface area contributed by atoms with Crippen LogP contribution in [0.2, 0.25) is 0 Å². The van der Waals surface area contributed by atoms with Crippen molar-refractivity contribution < 1.29 is 34.5 Å². The summed E-state index contributed by atoms with van der Waals surface area (Å²) in [5.74, 6) is -3.57. The standard InChI is InChI=1S/C25H41N5O7/c1-4-14(2)20(29-22(33)18(27)13-16-8-10-17(32)11-9-16)24(35)28-19(7-5-6-12-26)23(34)30-21(15(3)31)25(36)37/h8-11,14-15,18-21,31-32H,4-7,12-13,26-27H2,1-3H3,(H,28,35)(H,29,33)(H,30,34)(H,36,37). The van der Waals surface area contributed by atoms with Gasteiger partial charge >= 0.3 is 5.97 Å². The number of aliphatic hydroxyl groups is 1. The van der Waals surface area contributed by atoms with Crippen LogP contribution in [0.25, 0.3) is 0 Å². The fourth-order valence-electron chi connectivity index (χ4n) is 3.61. The molecule has 0 spiro atoms. The number of carboxylic acid groups (broad SMARTS) is 1. The van der Waals surface area contributed by atoms with E-state index in [4.69, 9.17) is 11.5 Å². The summed E-state index contributed by atoms with van der Waals surface area (Å²) in [5.41, 5.74) is 12.3. The van der Waals surface area contributed by atoms with E-state index in [0.717, 1.165) is 5.56 Å². The van der Waals surface area contributed by atoms with Gasteiger partial charge in [0.15, 0.2) is 6.04 Å². The van der Waals surface area contributed by atoms with Gasteiger partial charge in [0.05, 0.1) is 12.1 Å². The molecule has 6 unspecified atom stereocenters. The number of nitrogens with two attached hydrogens (primary N) is 2. The molecule has 0 radical (unpaired) electrons. The third kappa shape index (κ3) is 10.7. The van der Waals surface area contributed by atoms with E-state index in [1.165, 1.54) is 19.1 Å². The van der Waals surface area contributed by atoms with Gasteiger partial charge in [0, 0.05) is 0 Å². The van der Waals surface area contributed by atoms with E-state index < -0.39 is 54.0 Å². The van der Waals surface area contributed by atoms with Crippen molar-refractivity contribution in [2.75, 3.05) is 6.54 Å². The summed E-state index contributed by atoms with van der Waals surface area (Å²) in [6.07, 6.45) is 0.612. The Morgan fingerprint density at radius 1 is 0.919 bits per heavy atom. The predicted molar refractivity (Wildman–Crippen MR) is 137 cm³/mol. The van der Waals surface area contributed by atoms with Crippen LogP contribution in [0.15, 0.2) is 24.3 Å². The van der Waals surface area contributed by atoms with Gasteiger partial charge < -0.3 is 42.7 Å². The zero-order valence-electron chi connectivity index (χ0n) is 21.6. The number of phenols is 1. The molecule has 37 heavy (non-hydrogen) atoms. The van der Waals surface area contributed by atoms with E-state index >= 15 is 0 Å². The van der Waals surface area contributed by atoms with E-state index in [-0.39, 0.29) is 24.5 Å². The van der Waals surface area contributed by atoms with Crippen molar-refractivity contribution >= 4 is 23.7 Å². The van der Waals surface area contributed by atoms with Crippen LogP contribution in [0.1, 0.15) is 52.0 Å². The molecule has 208 valence electrons. The van der Waals surface area contributed by atoms with Gasteiger partial charge in [0.25, 0.3) is 0 Å². The van der Waals surface area contributed by atoms with Crippen LogP contribution < -0.4 is 27.4 Å². The second-order valence-corrected chi connectivity index (χ2v) is 9.26. The van der Waals surface area contributed by atoms with E-state index in [9.17, 15) is 34.5 Å². The molecule has 0 saturated carbocycles. The van der Waals surface area contributed by atoms with Crippen molar-refractivity contribution in [1.82, 2.24) is 16.0 Å². The molecule has 0 aliphatic heterocycles. The van der Waals surface area contributed by atoms with Gasteiger partial charge in [0.1, 0.15) is 17.8 Å². The molecule has 3 amide bonds. The number of aliphatic hydroxyl groups excluding tert-OH is 1. The van der Waals surface area contributed by atoms with E-state index in [1.54, 1.807) is 19.1 Å². The van der Waals surface area contributed by atoms with Crippen LogP contribution in [0.4, 0.5) is 0 Å². The third-order valence-corrected chi connectivity index (χ3v) is 6.15. The van der Waals surface area contributed by atoms with Gasteiger partial charge in [-0.3, -0.25) is 14.4 Å². The first-order valence-corrected chi connectivity index (χ1v) is 12.5. The highest BCUT2D eigenvalue weighted by molar-refractivity contribution is 5.94. The Balaban J connectivity index is 2.99. The number of aliphatic carboxylic acids is 1. The lowest BCUT2D eigenvalue weighted by Crippen LogP contribution is -2.59. The number of carbonyl (C=O) groups excluding carboxylic acids is 3. The smallest absolute Gasteiger partial charge is 0.328 e. The topological polar surface area (TPSA) is 217 Å². The maximum atomic E-state index is 13.2. The van der Waals surface area contributed by atoms with E-state index in [2.05, 4.69) is 16.0 Å². The lowest BCUT2D eigenvalue weighted by atomic mass is 9.96. The molecule has 1 aromatic carbocycles. The number of aromatic hydroxyl groups is 1. The number of rotatable bonds is 16. The second-order valence-electron chi connectivity index (χ2n) is 9.26. The summed E-state index contributed by atoms with van der Waals surface area (Å²) in [4.78, 5) is 50.3. The SMILES string of the molecule is CCC(C)C(NC(=O)C(N)Cc1ccc(O)cc1)C(=O)NC(CCCCN)C(=O)NC(C(=O)O)C(C)O. The van der Waals surface area contributed by atoms with Crippen LogP contribution in [-0.2, 0) is 25.6 Å². The van der Waals surface area contributed by atoms with E-state index in [1.807, 2.05) is 6.92 Å². The largest absolute Gasteiger partial charge is 0.508 e. The maximum Gasteiger partial charge on any atom is 0.328 e. The summed E-state index contributed by atoms with van der Waals surface area (Å²) in [7, 11) is 0. The summed E-state index contributed by atoms with van der Waals surface area (Å²) in [6, 6.07) is 1.64. The molecule has 0 saturated heterocycles. The van der Waals surface area contributed by atoms with Crippen molar-refractivity contribution in [3.05, 3.63) is 29.8 Å². The first-order chi connectivity index (χ1) is 17.4. The fourth-order valence-corrected chi connectivity index (χ4v) is 3.61. The van der Waals surface area contributed by atoms with E-state index in [0.29, 0.717) is 25.8 Å². The monoisotopic (exact) mass is 523 g/mol. The first kappa shape index (κ1) is 31.8. The first-order valence-electron chi connectivity index (χ1n) is 12.5. The molecule has 1 rings (SSSR count). The normalized spacial score (nSPS) is 15.9. The molecule has 0 aliphatic rings. The van der Waals surface area contributed by atoms with Gasteiger partial charge in [-0.25, -0.2) is 4.79 Å². The van der Waals surface area contributed by atoms with Crippen molar-refractivity contribution in [3.8, 4) is 5.75 Å². The van der Waals surface area contributed by atoms with Crippen molar-refractivity contribution in [2.45, 2.75) is 83.1 Å². The Bertz CT molecular complexity index is 894. The Morgan fingerprint density at radius 3 is 2.03 bits per heavy atom. The number of hydrogen-bond donors (Lipinski definition) is 8. The molecule has 12 nitrogen and oxygen atoms in total. The van der Waals surface area contributed by atoms with Crippen LogP contribution in [0, 0.1) is 5.92 Å².